The van der Waals surface area contributed by atoms with Crippen LogP contribution in [0.15, 0.2) is 30.5 Å². The number of aliphatic carboxylic acids is 1. The third kappa shape index (κ3) is 8.67. The van der Waals surface area contributed by atoms with Crippen molar-refractivity contribution in [3.63, 3.8) is 0 Å². The van der Waals surface area contributed by atoms with Crippen molar-refractivity contribution in [2.75, 3.05) is 13.1 Å². The number of fused-ring (bicyclic) bond motifs is 1. The van der Waals surface area contributed by atoms with E-state index in [0.717, 1.165) is 16.5 Å². The normalized spacial score (nSPS) is 13.4. The fourth-order valence-corrected chi connectivity index (χ4v) is 3.64. The number of amides is 4. The summed E-state index contributed by atoms with van der Waals surface area (Å²) in [6.07, 6.45) is 2.61. The van der Waals surface area contributed by atoms with Gasteiger partial charge in [0.15, 0.2) is 0 Å². The number of carbonyl (C=O) groups is 5. The molecule has 0 bridgehead atoms. The van der Waals surface area contributed by atoms with Crippen molar-refractivity contribution < 1.29 is 29.1 Å². The van der Waals surface area contributed by atoms with E-state index in [1.165, 1.54) is 0 Å². The number of H-pyrrole nitrogens is 1. The molecular weight excluding hydrogens is 470 g/mol. The third-order valence-corrected chi connectivity index (χ3v) is 5.48. The maximum atomic E-state index is 12.9. The second-order valence-electron chi connectivity index (χ2n) is 8.36. The first kappa shape index (κ1) is 28.3. The van der Waals surface area contributed by atoms with E-state index in [-0.39, 0.29) is 12.8 Å². The first-order chi connectivity index (χ1) is 17.1. The Morgan fingerprint density at radius 2 is 1.67 bits per heavy atom. The van der Waals surface area contributed by atoms with Crippen molar-refractivity contribution in [1.29, 1.82) is 0 Å². The predicted molar refractivity (Wildman–Crippen MR) is 131 cm³/mol. The molecule has 1 aromatic carbocycles. The Balaban J connectivity index is 2.08. The third-order valence-electron chi connectivity index (χ3n) is 5.48. The lowest BCUT2D eigenvalue weighted by Crippen LogP contribution is -2.57. The van der Waals surface area contributed by atoms with E-state index in [9.17, 15) is 24.0 Å². The lowest BCUT2D eigenvalue weighted by atomic mass is 10.0. The second kappa shape index (κ2) is 13.8. The van der Waals surface area contributed by atoms with Gasteiger partial charge in [0.25, 0.3) is 0 Å². The highest BCUT2D eigenvalue weighted by molar-refractivity contribution is 5.96. The molecule has 0 fully saturated rings. The van der Waals surface area contributed by atoms with E-state index in [1.54, 1.807) is 6.20 Å². The minimum atomic E-state index is -1.38. The van der Waals surface area contributed by atoms with Crippen molar-refractivity contribution in [3.8, 4) is 0 Å². The largest absolute Gasteiger partial charge is 0.480 e. The number of unbranched alkanes of at least 4 members (excludes halogenated alkanes) is 1. The number of carboxylic acid groups (broad SMARTS) is 1. The molecule has 11 N–H and O–H groups in total. The molecule has 1 heterocycles. The van der Waals surface area contributed by atoms with Gasteiger partial charge in [-0.15, -0.1) is 0 Å². The number of nitrogens with two attached hydrogens (primary N) is 3. The number of primary amides is 1. The summed E-state index contributed by atoms with van der Waals surface area (Å²) in [6.45, 7) is -0.266. The average molecular weight is 504 g/mol. The standard InChI is InChI=1S/C23H33N7O6/c24-8-4-3-7-17(22(35)28-12-20(32)33)29-23(36)18(10-19(26)31)30-21(34)15(25)9-13-11-27-16-6-2-1-5-14(13)16/h1-2,5-6,11,15,17-18,27H,3-4,7-10,12,24-25H2,(H2,26,31)(H,28,35)(H,29,36)(H,30,34)(H,32,33). The molecule has 3 atom stereocenters. The van der Waals surface area contributed by atoms with Crippen LogP contribution in [0.1, 0.15) is 31.2 Å². The van der Waals surface area contributed by atoms with E-state index < -0.39 is 60.7 Å². The number of carbonyl (C=O) groups excluding carboxylic acids is 4. The van der Waals surface area contributed by atoms with Crippen LogP contribution in [0, 0.1) is 0 Å². The number of hydrogen-bond acceptors (Lipinski definition) is 7. The zero-order valence-corrected chi connectivity index (χ0v) is 19.8. The van der Waals surface area contributed by atoms with Crippen molar-refractivity contribution in [3.05, 3.63) is 36.0 Å². The fraction of sp³-hybridized carbons (Fsp3) is 0.435. The number of nitrogens with one attached hydrogen (secondary N) is 4. The van der Waals surface area contributed by atoms with Crippen molar-refractivity contribution in [2.45, 2.75) is 50.2 Å². The quantitative estimate of drug-likeness (QED) is 0.129. The van der Waals surface area contributed by atoms with Crippen LogP contribution >= 0.6 is 0 Å². The maximum absolute atomic E-state index is 12.9. The lowest BCUT2D eigenvalue weighted by Gasteiger charge is -2.23. The summed E-state index contributed by atoms with van der Waals surface area (Å²) in [4.78, 5) is 63.5. The fourth-order valence-electron chi connectivity index (χ4n) is 3.64. The molecule has 3 unspecified atom stereocenters. The Bertz CT molecular complexity index is 1090. The van der Waals surface area contributed by atoms with Gasteiger partial charge < -0.3 is 43.2 Å². The summed E-state index contributed by atoms with van der Waals surface area (Å²) in [7, 11) is 0. The number of rotatable bonds is 15. The zero-order valence-electron chi connectivity index (χ0n) is 19.8. The number of hydrogen-bond donors (Lipinski definition) is 8. The molecule has 1 aromatic heterocycles. The van der Waals surface area contributed by atoms with Gasteiger partial charge in [0.1, 0.15) is 18.6 Å². The van der Waals surface area contributed by atoms with Gasteiger partial charge in [-0.3, -0.25) is 24.0 Å². The van der Waals surface area contributed by atoms with Gasteiger partial charge in [-0.25, -0.2) is 0 Å². The van der Waals surface area contributed by atoms with E-state index >= 15 is 0 Å². The number of benzene rings is 1. The Morgan fingerprint density at radius 1 is 0.972 bits per heavy atom. The van der Waals surface area contributed by atoms with E-state index in [2.05, 4.69) is 20.9 Å². The molecule has 36 heavy (non-hydrogen) atoms. The first-order valence-corrected chi connectivity index (χ1v) is 11.5. The predicted octanol–water partition coefficient (Wildman–Crippen LogP) is -1.79. The van der Waals surface area contributed by atoms with Crippen LogP contribution in [0.2, 0.25) is 0 Å². The summed E-state index contributed by atoms with van der Waals surface area (Å²) in [5.74, 6) is -4.33. The molecule has 2 aromatic rings. The minimum absolute atomic E-state index is 0.167. The molecule has 13 heteroatoms. The summed E-state index contributed by atoms with van der Waals surface area (Å²) >= 11 is 0. The van der Waals surface area contributed by atoms with Gasteiger partial charge in [-0.1, -0.05) is 18.2 Å². The molecule has 196 valence electrons. The molecule has 0 aliphatic carbocycles. The van der Waals surface area contributed by atoms with E-state index in [4.69, 9.17) is 22.3 Å². The van der Waals surface area contributed by atoms with Crippen LogP contribution in [-0.4, -0.2) is 70.9 Å². The molecule has 0 aliphatic rings. The van der Waals surface area contributed by atoms with Crippen molar-refractivity contribution >= 4 is 40.5 Å². The van der Waals surface area contributed by atoms with Crippen molar-refractivity contribution in [2.24, 2.45) is 17.2 Å². The Hall–Kier alpha value is -3.97. The average Bonchev–Trinajstić information content (AvgIpc) is 3.23. The molecule has 0 radical (unpaired) electrons. The topological polar surface area (TPSA) is 236 Å². The van der Waals surface area contributed by atoms with Gasteiger partial charge in [-0.2, -0.15) is 0 Å². The Labute approximate surface area is 207 Å². The van der Waals surface area contributed by atoms with Crippen LogP contribution in [0.4, 0.5) is 0 Å². The molecular formula is C23H33N7O6. The van der Waals surface area contributed by atoms with Gasteiger partial charge in [0.05, 0.1) is 12.5 Å². The smallest absolute Gasteiger partial charge is 0.322 e. The highest BCUT2D eigenvalue weighted by Crippen LogP contribution is 2.18. The lowest BCUT2D eigenvalue weighted by molar-refractivity contribution is -0.138. The molecule has 0 saturated heterocycles. The Morgan fingerprint density at radius 3 is 2.33 bits per heavy atom. The summed E-state index contributed by atoms with van der Waals surface area (Å²) < 4.78 is 0. The minimum Gasteiger partial charge on any atom is -0.480 e. The summed E-state index contributed by atoms with van der Waals surface area (Å²) in [5, 5.41) is 16.8. The van der Waals surface area contributed by atoms with Gasteiger partial charge in [0.2, 0.25) is 23.6 Å². The number of para-hydroxylation sites is 1. The number of carboxylic acids is 1. The first-order valence-electron chi connectivity index (χ1n) is 11.5. The van der Waals surface area contributed by atoms with Gasteiger partial charge >= 0.3 is 5.97 Å². The number of aromatic nitrogens is 1. The van der Waals surface area contributed by atoms with Gasteiger partial charge in [-0.05, 0) is 43.9 Å². The Kier molecular flexibility index (Phi) is 10.8. The van der Waals surface area contributed by atoms with Gasteiger partial charge in [0, 0.05) is 17.1 Å². The SMILES string of the molecule is NCCCCC(NC(=O)C(CC(N)=O)NC(=O)C(N)Cc1c[nH]c2ccccc12)C(=O)NCC(=O)O. The molecule has 4 amide bonds. The van der Waals surface area contributed by atoms with Crippen LogP contribution in [-0.2, 0) is 30.4 Å². The van der Waals surface area contributed by atoms with E-state index in [1.807, 2.05) is 24.3 Å². The highest BCUT2D eigenvalue weighted by Gasteiger charge is 2.29. The van der Waals surface area contributed by atoms with Crippen LogP contribution in [0.3, 0.4) is 0 Å². The number of aromatic amines is 1. The molecule has 0 aliphatic heterocycles. The molecule has 13 nitrogen and oxygen atoms in total. The highest BCUT2D eigenvalue weighted by atomic mass is 16.4. The summed E-state index contributed by atoms with van der Waals surface area (Å²) in [5.41, 5.74) is 18.5. The second-order valence-corrected chi connectivity index (χ2v) is 8.36. The van der Waals surface area contributed by atoms with Crippen LogP contribution in [0.5, 0.6) is 0 Å². The summed E-state index contributed by atoms with van der Waals surface area (Å²) in [6, 6.07) is 3.97. The van der Waals surface area contributed by atoms with E-state index in [0.29, 0.717) is 19.4 Å². The van der Waals surface area contributed by atoms with Crippen LogP contribution in [0.25, 0.3) is 10.9 Å². The molecule has 0 spiro atoms. The maximum Gasteiger partial charge on any atom is 0.322 e. The molecule has 0 saturated carbocycles. The monoisotopic (exact) mass is 503 g/mol. The molecule has 2 rings (SSSR count). The van der Waals surface area contributed by atoms with Crippen molar-refractivity contribution in [1.82, 2.24) is 20.9 Å². The zero-order chi connectivity index (χ0) is 26.7. The van der Waals surface area contributed by atoms with Crippen LogP contribution < -0.4 is 33.2 Å².